The number of amides is 1. The van der Waals surface area contributed by atoms with Crippen molar-refractivity contribution in [2.24, 2.45) is 11.7 Å². The molecular formula is C9H21IN2O3. The van der Waals surface area contributed by atoms with Crippen molar-refractivity contribution in [2.45, 2.75) is 13.8 Å². The van der Waals surface area contributed by atoms with Crippen LogP contribution in [0.2, 0.25) is 0 Å². The lowest BCUT2D eigenvalue weighted by Crippen LogP contribution is -2.30. The van der Waals surface area contributed by atoms with Crippen molar-refractivity contribution in [2.75, 3.05) is 32.9 Å². The van der Waals surface area contributed by atoms with Gasteiger partial charge in [0.15, 0.2) is 0 Å². The van der Waals surface area contributed by atoms with Crippen LogP contribution in [0.3, 0.4) is 0 Å². The molecule has 0 spiro atoms. The lowest BCUT2D eigenvalue weighted by Gasteiger charge is -2.08. The van der Waals surface area contributed by atoms with Gasteiger partial charge in [-0.15, -0.1) is 24.0 Å². The molecule has 0 radical (unpaired) electrons. The second-order valence-corrected chi connectivity index (χ2v) is 3.32. The van der Waals surface area contributed by atoms with Crippen LogP contribution in [0, 0.1) is 5.92 Å². The van der Waals surface area contributed by atoms with Crippen LogP contribution in [0.15, 0.2) is 0 Å². The van der Waals surface area contributed by atoms with E-state index in [1.807, 2.05) is 0 Å². The normalized spacial score (nSPS) is 9.60. The first kappa shape index (κ1) is 17.3. The van der Waals surface area contributed by atoms with E-state index in [1.165, 1.54) is 0 Å². The SMILES string of the molecule is CC(C)COCCOC(=O)NCCN.I. The minimum absolute atomic E-state index is 0. The number of hydrogen-bond donors (Lipinski definition) is 2. The molecule has 0 aliphatic rings. The zero-order valence-electron chi connectivity index (χ0n) is 9.32. The third-order valence-electron chi connectivity index (χ3n) is 1.33. The monoisotopic (exact) mass is 332 g/mol. The fraction of sp³-hybridized carbons (Fsp3) is 0.889. The Labute approximate surface area is 108 Å². The molecule has 0 heterocycles. The van der Waals surface area contributed by atoms with Crippen LogP contribution >= 0.6 is 24.0 Å². The topological polar surface area (TPSA) is 73.6 Å². The average Bonchev–Trinajstić information content (AvgIpc) is 2.13. The van der Waals surface area contributed by atoms with Gasteiger partial charge in [-0.1, -0.05) is 13.8 Å². The van der Waals surface area contributed by atoms with E-state index < -0.39 is 6.09 Å². The van der Waals surface area contributed by atoms with E-state index in [4.69, 9.17) is 15.2 Å². The van der Waals surface area contributed by atoms with Crippen molar-refractivity contribution in [1.82, 2.24) is 5.32 Å². The number of rotatable bonds is 7. The molecule has 0 rings (SSSR count). The molecule has 15 heavy (non-hydrogen) atoms. The molecule has 0 aromatic carbocycles. The summed E-state index contributed by atoms with van der Waals surface area (Å²) in [5.41, 5.74) is 5.19. The van der Waals surface area contributed by atoms with Gasteiger partial charge in [0.25, 0.3) is 0 Å². The van der Waals surface area contributed by atoms with Crippen molar-refractivity contribution in [3.05, 3.63) is 0 Å². The highest BCUT2D eigenvalue weighted by Crippen LogP contribution is 1.91. The number of carbonyl (C=O) groups excluding carboxylic acids is 1. The lowest BCUT2D eigenvalue weighted by molar-refractivity contribution is 0.0607. The maximum Gasteiger partial charge on any atom is 0.407 e. The van der Waals surface area contributed by atoms with E-state index in [1.54, 1.807) is 0 Å². The van der Waals surface area contributed by atoms with Crippen molar-refractivity contribution >= 4 is 30.1 Å². The van der Waals surface area contributed by atoms with E-state index in [9.17, 15) is 4.79 Å². The first-order valence-corrected chi connectivity index (χ1v) is 4.85. The highest BCUT2D eigenvalue weighted by molar-refractivity contribution is 14.0. The van der Waals surface area contributed by atoms with E-state index in [0.29, 0.717) is 32.2 Å². The summed E-state index contributed by atoms with van der Waals surface area (Å²) in [6.07, 6.45) is -0.441. The quantitative estimate of drug-likeness (QED) is 0.538. The summed E-state index contributed by atoms with van der Waals surface area (Å²) in [7, 11) is 0. The van der Waals surface area contributed by atoms with Crippen LogP contribution < -0.4 is 11.1 Å². The molecule has 0 saturated carbocycles. The Kier molecular flexibility index (Phi) is 13.8. The number of ether oxygens (including phenoxy) is 2. The largest absolute Gasteiger partial charge is 0.447 e. The van der Waals surface area contributed by atoms with Crippen LogP contribution in [0.5, 0.6) is 0 Å². The molecule has 3 N–H and O–H groups in total. The number of halogens is 1. The number of hydrogen-bond acceptors (Lipinski definition) is 4. The zero-order chi connectivity index (χ0) is 10.8. The van der Waals surface area contributed by atoms with Crippen LogP contribution in [-0.4, -0.2) is 39.0 Å². The van der Waals surface area contributed by atoms with E-state index in [0.717, 1.165) is 0 Å². The molecule has 1 amide bonds. The second kappa shape index (κ2) is 12.0. The predicted octanol–water partition coefficient (Wildman–Crippen LogP) is 0.962. The van der Waals surface area contributed by atoms with Gasteiger partial charge in [0.05, 0.1) is 6.61 Å². The van der Waals surface area contributed by atoms with Crippen LogP contribution in [0.4, 0.5) is 4.79 Å². The Balaban J connectivity index is 0. The fourth-order valence-corrected chi connectivity index (χ4v) is 0.738. The van der Waals surface area contributed by atoms with Crippen molar-refractivity contribution < 1.29 is 14.3 Å². The third-order valence-corrected chi connectivity index (χ3v) is 1.33. The van der Waals surface area contributed by atoms with Gasteiger partial charge in [-0.3, -0.25) is 0 Å². The summed E-state index contributed by atoms with van der Waals surface area (Å²) in [4.78, 5) is 10.9. The van der Waals surface area contributed by atoms with Crippen molar-refractivity contribution in [3.63, 3.8) is 0 Å². The Morgan fingerprint density at radius 1 is 1.40 bits per heavy atom. The van der Waals surface area contributed by atoms with Gasteiger partial charge in [-0.05, 0) is 5.92 Å². The first-order chi connectivity index (χ1) is 6.66. The highest BCUT2D eigenvalue weighted by atomic mass is 127. The van der Waals surface area contributed by atoms with Gasteiger partial charge in [0.2, 0.25) is 0 Å². The van der Waals surface area contributed by atoms with Gasteiger partial charge < -0.3 is 20.5 Å². The molecule has 0 aliphatic carbocycles. The predicted molar refractivity (Wildman–Crippen MR) is 69.5 cm³/mol. The van der Waals surface area contributed by atoms with Gasteiger partial charge in [0.1, 0.15) is 6.61 Å². The summed E-state index contributed by atoms with van der Waals surface area (Å²) in [5.74, 6) is 0.501. The zero-order valence-corrected chi connectivity index (χ0v) is 11.7. The highest BCUT2D eigenvalue weighted by Gasteiger charge is 1.99. The summed E-state index contributed by atoms with van der Waals surface area (Å²) >= 11 is 0. The molecule has 6 heteroatoms. The standard InChI is InChI=1S/C9H20N2O3.HI/c1-8(2)7-13-5-6-14-9(12)11-4-3-10;/h8H,3-7,10H2,1-2H3,(H,11,12);1H. The van der Waals surface area contributed by atoms with Crippen LogP contribution in [0.1, 0.15) is 13.8 Å². The number of nitrogens with one attached hydrogen (secondary N) is 1. The molecule has 0 aromatic heterocycles. The fourth-order valence-electron chi connectivity index (χ4n) is 0.738. The summed E-state index contributed by atoms with van der Waals surface area (Å²) in [6.45, 7) is 6.39. The molecule has 92 valence electrons. The Morgan fingerprint density at radius 2 is 2.07 bits per heavy atom. The molecule has 0 aliphatic heterocycles. The van der Waals surface area contributed by atoms with Gasteiger partial charge >= 0.3 is 6.09 Å². The number of alkyl carbamates (subject to hydrolysis) is 1. The molecular weight excluding hydrogens is 311 g/mol. The molecule has 0 atom stereocenters. The second-order valence-electron chi connectivity index (χ2n) is 3.32. The molecule has 0 saturated heterocycles. The van der Waals surface area contributed by atoms with E-state index in [2.05, 4.69) is 19.2 Å². The lowest BCUT2D eigenvalue weighted by atomic mass is 10.2. The van der Waals surface area contributed by atoms with Crippen molar-refractivity contribution in [3.8, 4) is 0 Å². The van der Waals surface area contributed by atoms with E-state index >= 15 is 0 Å². The minimum Gasteiger partial charge on any atom is -0.447 e. The number of nitrogens with two attached hydrogens (primary N) is 1. The van der Waals surface area contributed by atoms with Crippen LogP contribution in [-0.2, 0) is 9.47 Å². The average molecular weight is 332 g/mol. The first-order valence-electron chi connectivity index (χ1n) is 4.85. The van der Waals surface area contributed by atoms with E-state index in [-0.39, 0.29) is 30.6 Å². The van der Waals surface area contributed by atoms with Crippen molar-refractivity contribution in [1.29, 1.82) is 0 Å². The summed E-state index contributed by atoms with van der Waals surface area (Å²) in [6, 6.07) is 0. The van der Waals surface area contributed by atoms with Crippen LogP contribution in [0.25, 0.3) is 0 Å². The third kappa shape index (κ3) is 13.9. The van der Waals surface area contributed by atoms with Gasteiger partial charge in [-0.2, -0.15) is 0 Å². The Hall–Kier alpha value is -0.0800. The maximum absolute atomic E-state index is 10.9. The number of carbonyl (C=O) groups is 1. The minimum atomic E-state index is -0.441. The smallest absolute Gasteiger partial charge is 0.407 e. The molecule has 0 bridgehead atoms. The Morgan fingerprint density at radius 3 is 2.60 bits per heavy atom. The summed E-state index contributed by atoms with van der Waals surface area (Å²) in [5, 5.41) is 2.49. The summed E-state index contributed by atoms with van der Waals surface area (Å²) < 4.78 is 10.0. The Bertz CT molecular complexity index is 156. The maximum atomic E-state index is 10.9. The molecule has 0 unspecified atom stereocenters. The van der Waals surface area contributed by atoms with Gasteiger partial charge in [-0.25, -0.2) is 4.79 Å². The molecule has 5 nitrogen and oxygen atoms in total. The molecule has 0 fully saturated rings. The van der Waals surface area contributed by atoms with Gasteiger partial charge in [0, 0.05) is 19.7 Å². The molecule has 0 aromatic rings.